The summed E-state index contributed by atoms with van der Waals surface area (Å²) in [5.41, 5.74) is 1.48. The van der Waals surface area contributed by atoms with Crippen molar-refractivity contribution < 1.29 is 28.6 Å². The molecule has 5 rings (SSSR count). The number of methoxy groups -OCH3 is 2. The lowest BCUT2D eigenvalue weighted by Crippen LogP contribution is -2.44. The average Bonchev–Trinajstić information content (AvgIpc) is 3.63. The molecule has 0 saturated carbocycles. The Morgan fingerprint density at radius 3 is 2.62 bits per heavy atom. The molecule has 4 aromatic rings. The highest BCUT2D eigenvalue weighted by Crippen LogP contribution is 2.29. The summed E-state index contributed by atoms with van der Waals surface area (Å²) in [6, 6.07) is 11.8. The third-order valence-corrected chi connectivity index (χ3v) is 7.64. The molecule has 13 nitrogen and oxygen atoms in total. The molecule has 2 aromatic carbocycles. The van der Waals surface area contributed by atoms with Gasteiger partial charge in [-0.1, -0.05) is 19.9 Å². The Labute approximate surface area is 261 Å². The number of aryl methyl sites for hydroxylation is 1. The molecule has 1 atom stereocenters. The number of hydrogen-bond donors (Lipinski definition) is 3. The van der Waals surface area contributed by atoms with E-state index >= 15 is 0 Å². The van der Waals surface area contributed by atoms with Crippen LogP contribution in [0, 0.1) is 12.8 Å². The highest BCUT2D eigenvalue weighted by atomic mass is 16.5. The van der Waals surface area contributed by atoms with Gasteiger partial charge in [0.05, 0.1) is 33.4 Å². The number of aromatic nitrogens is 4. The van der Waals surface area contributed by atoms with E-state index in [1.54, 1.807) is 43.0 Å². The Kier molecular flexibility index (Phi) is 9.55. The molecule has 0 radical (unpaired) electrons. The number of benzene rings is 2. The number of carbonyl (C=O) groups excluding carboxylic acids is 3. The fraction of sp³-hybridized carbons (Fsp3) is 0.406. The van der Waals surface area contributed by atoms with Crippen molar-refractivity contribution >= 4 is 28.6 Å². The van der Waals surface area contributed by atoms with Crippen LogP contribution in [-0.4, -0.2) is 82.8 Å². The number of rotatable bonds is 4. The predicted octanol–water partition coefficient (Wildman–Crippen LogP) is 3.25. The van der Waals surface area contributed by atoms with Crippen LogP contribution in [0.25, 0.3) is 10.9 Å². The molecule has 3 heterocycles. The van der Waals surface area contributed by atoms with Crippen LogP contribution in [0.15, 0.2) is 42.5 Å². The first-order valence-electron chi connectivity index (χ1n) is 14.9. The van der Waals surface area contributed by atoms with Crippen molar-refractivity contribution in [3.05, 3.63) is 65.4 Å². The average molecular weight is 618 g/mol. The molecule has 2 bridgehead atoms. The van der Waals surface area contributed by atoms with Gasteiger partial charge in [-0.15, -0.1) is 0 Å². The molecular weight excluding hydrogens is 578 g/mol. The number of nitrogens with one attached hydrogen (secondary N) is 3. The number of H-pyrrole nitrogens is 1. The van der Waals surface area contributed by atoms with Crippen molar-refractivity contribution in [3.63, 3.8) is 0 Å². The summed E-state index contributed by atoms with van der Waals surface area (Å²) in [5.74, 6) is 1.67. The Hall–Kier alpha value is -5.07. The summed E-state index contributed by atoms with van der Waals surface area (Å²) >= 11 is 0. The molecule has 2 aromatic heterocycles. The van der Waals surface area contributed by atoms with Crippen LogP contribution in [0.3, 0.4) is 0 Å². The molecule has 0 unspecified atom stereocenters. The molecule has 238 valence electrons. The van der Waals surface area contributed by atoms with Crippen LogP contribution < -0.4 is 24.8 Å². The van der Waals surface area contributed by atoms with Gasteiger partial charge in [-0.2, -0.15) is 5.10 Å². The summed E-state index contributed by atoms with van der Waals surface area (Å²) in [7, 11) is 3.11. The molecule has 0 aliphatic carbocycles. The van der Waals surface area contributed by atoms with Gasteiger partial charge in [0.2, 0.25) is 5.91 Å². The third-order valence-electron chi connectivity index (χ3n) is 7.64. The minimum atomic E-state index is -0.468. The van der Waals surface area contributed by atoms with Gasteiger partial charge in [0.15, 0.2) is 11.5 Å². The Bertz CT molecular complexity index is 1690. The molecule has 0 spiro atoms. The van der Waals surface area contributed by atoms with Gasteiger partial charge in [0.25, 0.3) is 11.8 Å². The summed E-state index contributed by atoms with van der Waals surface area (Å²) in [4.78, 5) is 49.7. The lowest BCUT2D eigenvalue weighted by atomic mass is 10.0. The first-order chi connectivity index (χ1) is 21.7. The van der Waals surface area contributed by atoms with Crippen molar-refractivity contribution in [1.29, 1.82) is 0 Å². The van der Waals surface area contributed by atoms with E-state index < -0.39 is 6.04 Å². The first kappa shape index (κ1) is 31.4. The molecular formula is C32H39N7O6. The SMILES string of the molecule is COc1ccc2cc1OCCn1nc(C)nc1[C@H](C(C)C)NC(=O)CN(C(=O)c1cc3c(OC)cccc3[nH]1)CCCNC2=O. The maximum Gasteiger partial charge on any atom is 0.270 e. The van der Waals surface area contributed by atoms with Gasteiger partial charge in [0.1, 0.15) is 29.7 Å². The van der Waals surface area contributed by atoms with E-state index in [0.717, 1.165) is 10.9 Å². The second-order valence-electron chi connectivity index (χ2n) is 11.2. The van der Waals surface area contributed by atoms with E-state index in [4.69, 9.17) is 14.2 Å². The zero-order valence-corrected chi connectivity index (χ0v) is 26.2. The number of hydrogen-bond acceptors (Lipinski definition) is 8. The zero-order valence-electron chi connectivity index (χ0n) is 26.2. The van der Waals surface area contributed by atoms with Crippen LogP contribution in [0.5, 0.6) is 17.2 Å². The number of fused-ring (bicyclic) bond motifs is 4. The van der Waals surface area contributed by atoms with E-state index in [-0.39, 0.29) is 49.9 Å². The molecule has 1 aliphatic rings. The van der Waals surface area contributed by atoms with Gasteiger partial charge < -0.3 is 34.7 Å². The fourth-order valence-electron chi connectivity index (χ4n) is 5.38. The Morgan fingerprint density at radius 2 is 1.87 bits per heavy atom. The number of nitrogens with zero attached hydrogens (tertiary/aromatic N) is 4. The molecule has 45 heavy (non-hydrogen) atoms. The molecule has 0 saturated heterocycles. The van der Waals surface area contributed by atoms with E-state index in [0.29, 0.717) is 53.1 Å². The summed E-state index contributed by atoms with van der Waals surface area (Å²) < 4.78 is 18.7. The van der Waals surface area contributed by atoms with Gasteiger partial charge >= 0.3 is 0 Å². The summed E-state index contributed by atoms with van der Waals surface area (Å²) in [6.45, 7) is 6.62. The number of carbonyl (C=O) groups is 3. The summed E-state index contributed by atoms with van der Waals surface area (Å²) in [6.07, 6.45) is 0.412. The van der Waals surface area contributed by atoms with E-state index in [1.165, 1.54) is 12.0 Å². The second-order valence-corrected chi connectivity index (χ2v) is 11.2. The minimum Gasteiger partial charge on any atom is -0.496 e. The topological polar surface area (TPSA) is 153 Å². The van der Waals surface area contributed by atoms with Gasteiger partial charge in [-0.05, 0) is 55.7 Å². The zero-order chi connectivity index (χ0) is 32.1. The smallest absolute Gasteiger partial charge is 0.270 e. The van der Waals surface area contributed by atoms with Crippen LogP contribution in [0.2, 0.25) is 0 Å². The van der Waals surface area contributed by atoms with Crippen molar-refractivity contribution in [2.45, 2.75) is 39.8 Å². The van der Waals surface area contributed by atoms with Crippen molar-refractivity contribution in [2.24, 2.45) is 5.92 Å². The molecule has 3 amide bonds. The molecule has 1 aliphatic heterocycles. The monoisotopic (exact) mass is 617 g/mol. The molecule has 3 N–H and O–H groups in total. The lowest BCUT2D eigenvalue weighted by Gasteiger charge is -2.26. The number of ether oxygens (including phenoxy) is 3. The van der Waals surface area contributed by atoms with Crippen LogP contribution in [0.4, 0.5) is 0 Å². The van der Waals surface area contributed by atoms with Crippen molar-refractivity contribution in [2.75, 3.05) is 40.5 Å². The predicted molar refractivity (Wildman–Crippen MR) is 167 cm³/mol. The standard InChI is InChI=1S/C32H39N7O6/c1-19(2)29-30-34-20(3)37-39(30)14-15-45-27-16-21(10-11-26(27)44-5)31(41)33-12-7-13-38(18-28(40)36-29)32(42)24-17-22-23(35-24)8-6-9-25(22)43-4/h6,8-11,16-17,19,29,35H,7,12-15,18H2,1-5H3,(H,33,41)(H,36,40)/t29-/m0/s1. The Balaban J connectivity index is 1.46. The van der Waals surface area contributed by atoms with E-state index in [2.05, 4.69) is 25.7 Å². The van der Waals surface area contributed by atoms with E-state index in [9.17, 15) is 14.4 Å². The summed E-state index contributed by atoms with van der Waals surface area (Å²) in [5, 5.41) is 11.3. The second kappa shape index (κ2) is 13.7. The normalized spacial score (nSPS) is 16.7. The molecule has 13 heteroatoms. The van der Waals surface area contributed by atoms with Gasteiger partial charge in [-0.25, -0.2) is 9.67 Å². The fourth-order valence-corrected chi connectivity index (χ4v) is 5.38. The minimum absolute atomic E-state index is 0.0277. The van der Waals surface area contributed by atoms with Crippen molar-refractivity contribution in [1.82, 2.24) is 35.3 Å². The van der Waals surface area contributed by atoms with Crippen LogP contribution >= 0.6 is 0 Å². The number of aromatic amines is 1. The highest BCUT2D eigenvalue weighted by Gasteiger charge is 2.27. The third kappa shape index (κ3) is 7.03. The first-order valence-corrected chi connectivity index (χ1v) is 14.9. The van der Waals surface area contributed by atoms with Crippen molar-refractivity contribution in [3.8, 4) is 17.2 Å². The van der Waals surface area contributed by atoms with Crippen LogP contribution in [0.1, 0.15) is 58.8 Å². The van der Waals surface area contributed by atoms with Crippen LogP contribution in [-0.2, 0) is 11.3 Å². The Morgan fingerprint density at radius 1 is 1.07 bits per heavy atom. The van der Waals surface area contributed by atoms with E-state index in [1.807, 2.05) is 32.0 Å². The number of amides is 3. The van der Waals surface area contributed by atoms with Gasteiger partial charge in [0, 0.05) is 29.6 Å². The van der Waals surface area contributed by atoms with Gasteiger partial charge in [-0.3, -0.25) is 14.4 Å². The lowest BCUT2D eigenvalue weighted by molar-refractivity contribution is -0.123. The quantitative estimate of drug-likeness (QED) is 0.316. The highest BCUT2D eigenvalue weighted by molar-refractivity contribution is 6.01. The maximum absolute atomic E-state index is 13.8. The maximum atomic E-state index is 13.8. The largest absolute Gasteiger partial charge is 0.496 e. The molecule has 0 fully saturated rings.